The van der Waals surface area contributed by atoms with Crippen molar-refractivity contribution in [3.63, 3.8) is 0 Å². The van der Waals surface area contributed by atoms with E-state index in [1.54, 1.807) is 27.0 Å². The Labute approximate surface area is 199 Å². The molecule has 1 aromatic heterocycles. The predicted molar refractivity (Wildman–Crippen MR) is 131 cm³/mol. The van der Waals surface area contributed by atoms with Crippen molar-refractivity contribution in [1.29, 1.82) is 0 Å². The van der Waals surface area contributed by atoms with Crippen LogP contribution in [-0.4, -0.2) is 69.8 Å². The first kappa shape index (κ1) is 24.7. The Balaban J connectivity index is 1.61. The molecule has 4 amide bonds. The maximum Gasteiger partial charge on any atom is 0.322 e. The monoisotopic (exact) mass is 471 g/mol. The van der Waals surface area contributed by atoms with Crippen LogP contribution in [0.4, 0.5) is 10.5 Å². The van der Waals surface area contributed by atoms with Crippen LogP contribution < -0.4 is 5.32 Å². The first-order valence-electron chi connectivity index (χ1n) is 11.3. The zero-order valence-corrected chi connectivity index (χ0v) is 20.8. The predicted octanol–water partition coefficient (Wildman–Crippen LogP) is 4.01. The highest BCUT2D eigenvalue weighted by molar-refractivity contribution is 7.09. The van der Waals surface area contributed by atoms with Crippen LogP contribution in [-0.2, 0) is 11.3 Å². The quantitative estimate of drug-likeness (QED) is 0.690. The summed E-state index contributed by atoms with van der Waals surface area (Å²) >= 11 is 1.38. The SMILES string of the molecule is CC(=O)N1CCN(C(=O)c2csc(CN(C(=O)Nc3ccc(C(C)C)cc3)C(C)C)n2)CC1. The summed E-state index contributed by atoms with van der Waals surface area (Å²) in [4.78, 5) is 46.9. The fourth-order valence-corrected chi connectivity index (χ4v) is 4.42. The smallest absolute Gasteiger partial charge is 0.322 e. The molecule has 0 spiro atoms. The van der Waals surface area contributed by atoms with Gasteiger partial charge in [0.2, 0.25) is 5.91 Å². The van der Waals surface area contributed by atoms with Gasteiger partial charge >= 0.3 is 6.03 Å². The molecular weight excluding hydrogens is 438 g/mol. The van der Waals surface area contributed by atoms with Gasteiger partial charge in [0.25, 0.3) is 5.91 Å². The first-order valence-corrected chi connectivity index (χ1v) is 12.2. The Morgan fingerprint density at radius 2 is 1.64 bits per heavy atom. The van der Waals surface area contributed by atoms with Gasteiger partial charge in [0.15, 0.2) is 0 Å². The number of carbonyl (C=O) groups is 3. The Morgan fingerprint density at radius 1 is 1.03 bits per heavy atom. The van der Waals surface area contributed by atoms with Gasteiger partial charge in [-0.2, -0.15) is 0 Å². The maximum atomic E-state index is 12.9. The first-order chi connectivity index (χ1) is 15.7. The molecule has 1 aliphatic heterocycles. The zero-order chi connectivity index (χ0) is 24.1. The molecule has 9 heteroatoms. The summed E-state index contributed by atoms with van der Waals surface area (Å²) in [7, 11) is 0. The molecule has 0 bridgehead atoms. The Morgan fingerprint density at radius 3 is 2.18 bits per heavy atom. The van der Waals surface area contributed by atoms with E-state index >= 15 is 0 Å². The number of thiazole rings is 1. The second-order valence-electron chi connectivity index (χ2n) is 8.85. The van der Waals surface area contributed by atoms with E-state index in [1.807, 2.05) is 38.1 Å². The normalized spacial score (nSPS) is 14.0. The lowest BCUT2D eigenvalue weighted by Gasteiger charge is -2.33. The summed E-state index contributed by atoms with van der Waals surface area (Å²) in [6.45, 7) is 12.1. The molecule has 33 heavy (non-hydrogen) atoms. The largest absolute Gasteiger partial charge is 0.339 e. The number of rotatable bonds is 6. The molecule has 1 fully saturated rings. The van der Waals surface area contributed by atoms with Gasteiger partial charge in [0, 0.05) is 50.2 Å². The molecule has 0 unspecified atom stereocenters. The molecule has 1 N–H and O–H groups in total. The van der Waals surface area contributed by atoms with Gasteiger partial charge in [-0.1, -0.05) is 26.0 Å². The molecule has 0 radical (unpaired) electrons. The summed E-state index contributed by atoms with van der Waals surface area (Å²) in [5, 5.41) is 5.41. The number of anilines is 1. The molecule has 8 nitrogen and oxygen atoms in total. The van der Waals surface area contributed by atoms with Crippen LogP contribution >= 0.6 is 11.3 Å². The number of amides is 4. The number of hydrogen-bond acceptors (Lipinski definition) is 5. The average molecular weight is 472 g/mol. The number of hydrogen-bond donors (Lipinski definition) is 1. The van der Waals surface area contributed by atoms with Crippen LogP contribution in [0.25, 0.3) is 0 Å². The van der Waals surface area contributed by atoms with Crippen molar-refractivity contribution in [2.45, 2.75) is 53.1 Å². The molecule has 2 aromatic rings. The van der Waals surface area contributed by atoms with Crippen molar-refractivity contribution in [3.05, 3.63) is 45.9 Å². The van der Waals surface area contributed by atoms with Gasteiger partial charge in [-0.05, 0) is 37.5 Å². The number of nitrogens with one attached hydrogen (secondary N) is 1. The zero-order valence-electron chi connectivity index (χ0n) is 20.0. The van der Waals surface area contributed by atoms with Gasteiger partial charge in [0.1, 0.15) is 10.7 Å². The summed E-state index contributed by atoms with van der Waals surface area (Å²) < 4.78 is 0. The number of nitrogens with zero attached hydrogens (tertiary/aromatic N) is 4. The molecule has 178 valence electrons. The minimum Gasteiger partial charge on any atom is -0.339 e. The molecule has 0 atom stereocenters. The van der Waals surface area contributed by atoms with E-state index in [0.717, 1.165) is 5.69 Å². The number of urea groups is 1. The number of aromatic nitrogens is 1. The van der Waals surface area contributed by atoms with E-state index in [4.69, 9.17) is 0 Å². The third kappa shape index (κ3) is 6.31. The third-order valence-corrected chi connectivity index (χ3v) is 6.64. The van der Waals surface area contributed by atoms with Crippen LogP contribution in [0.2, 0.25) is 0 Å². The number of carbonyl (C=O) groups excluding carboxylic acids is 3. The minimum absolute atomic E-state index is 0.0287. The summed E-state index contributed by atoms with van der Waals surface area (Å²) in [5.41, 5.74) is 2.35. The van der Waals surface area contributed by atoms with Crippen LogP contribution in [0.1, 0.15) is 61.6 Å². The Kier molecular flexibility index (Phi) is 8.07. The van der Waals surface area contributed by atoms with Gasteiger partial charge in [0.05, 0.1) is 6.54 Å². The minimum atomic E-state index is -0.203. The molecule has 1 aliphatic rings. The number of piperazine rings is 1. The third-order valence-electron chi connectivity index (χ3n) is 5.80. The van der Waals surface area contributed by atoms with Gasteiger partial charge in [-0.15, -0.1) is 11.3 Å². The second-order valence-corrected chi connectivity index (χ2v) is 9.80. The van der Waals surface area contributed by atoms with Gasteiger partial charge < -0.3 is 20.0 Å². The van der Waals surface area contributed by atoms with E-state index in [0.29, 0.717) is 49.3 Å². The molecule has 2 heterocycles. The average Bonchev–Trinajstić information content (AvgIpc) is 3.26. The van der Waals surface area contributed by atoms with E-state index in [1.165, 1.54) is 16.9 Å². The van der Waals surface area contributed by atoms with Gasteiger partial charge in [-0.3, -0.25) is 9.59 Å². The van der Waals surface area contributed by atoms with Crippen molar-refractivity contribution in [3.8, 4) is 0 Å². The van der Waals surface area contributed by atoms with Crippen molar-refractivity contribution in [2.75, 3.05) is 31.5 Å². The lowest BCUT2D eigenvalue weighted by molar-refractivity contribution is -0.130. The van der Waals surface area contributed by atoms with Crippen molar-refractivity contribution in [2.24, 2.45) is 0 Å². The van der Waals surface area contributed by atoms with Crippen molar-refractivity contribution < 1.29 is 14.4 Å². The highest BCUT2D eigenvalue weighted by atomic mass is 32.1. The lowest BCUT2D eigenvalue weighted by atomic mass is 10.0. The fourth-order valence-electron chi connectivity index (χ4n) is 3.65. The second kappa shape index (κ2) is 10.8. The standard InChI is InChI=1S/C24H33N5O3S/c1-16(2)19-6-8-20(9-7-19)25-24(32)29(17(3)4)14-22-26-21(15-33-22)23(31)28-12-10-27(11-13-28)18(5)30/h6-9,15-17H,10-14H2,1-5H3,(H,25,32). The van der Waals surface area contributed by atoms with Crippen LogP contribution in [0.15, 0.2) is 29.6 Å². The summed E-state index contributed by atoms with van der Waals surface area (Å²) in [5.74, 6) is 0.328. The molecular formula is C24H33N5O3S. The van der Waals surface area contributed by atoms with Gasteiger partial charge in [-0.25, -0.2) is 9.78 Å². The van der Waals surface area contributed by atoms with E-state index < -0.39 is 0 Å². The van der Waals surface area contributed by atoms with E-state index in [2.05, 4.69) is 24.1 Å². The van der Waals surface area contributed by atoms with E-state index in [9.17, 15) is 14.4 Å². The number of benzene rings is 1. The molecule has 1 saturated heterocycles. The summed E-state index contributed by atoms with van der Waals surface area (Å²) in [6, 6.07) is 7.63. The molecule has 0 aliphatic carbocycles. The fraction of sp³-hybridized carbons (Fsp3) is 0.500. The van der Waals surface area contributed by atoms with Crippen molar-refractivity contribution >= 4 is 34.9 Å². The molecule has 3 rings (SSSR count). The topological polar surface area (TPSA) is 85.9 Å². The Bertz CT molecular complexity index is 978. The highest BCUT2D eigenvalue weighted by Gasteiger charge is 2.26. The van der Waals surface area contributed by atoms with Crippen LogP contribution in [0.3, 0.4) is 0 Å². The van der Waals surface area contributed by atoms with Crippen molar-refractivity contribution in [1.82, 2.24) is 19.7 Å². The summed E-state index contributed by atoms with van der Waals surface area (Å²) in [6.07, 6.45) is 0. The lowest BCUT2D eigenvalue weighted by Crippen LogP contribution is -2.50. The van der Waals surface area contributed by atoms with Crippen LogP contribution in [0, 0.1) is 0 Å². The molecule has 1 aromatic carbocycles. The maximum absolute atomic E-state index is 12.9. The Hall–Kier alpha value is -2.94. The van der Waals surface area contributed by atoms with Crippen LogP contribution in [0.5, 0.6) is 0 Å². The van der Waals surface area contributed by atoms with E-state index in [-0.39, 0.29) is 23.9 Å². The molecule has 0 saturated carbocycles. The highest BCUT2D eigenvalue weighted by Crippen LogP contribution is 2.20.